The number of anilines is 4. The third kappa shape index (κ3) is 7.89. The molecule has 1 unspecified atom stereocenters. The van der Waals surface area contributed by atoms with Crippen LogP contribution in [0.4, 0.5) is 23.1 Å². The number of nitrogens with two attached hydrogens (primary N) is 1. The van der Waals surface area contributed by atoms with Gasteiger partial charge in [-0.1, -0.05) is 36.4 Å². The first-order valence-corrected chi connectivity index (χ1v) is 11.1. The van der Waals surface area contributed by atoms with Crippen molar-refractivity contribution >= 4 is 42.4 Å². The van der Waals surface area contributed by atoms with Gasteiger partial charge in [-0.05, 0) is 62.7 Å². The van der Waals surface area contributed by atoms with Gasteiger partial charge in [-0.25, -0.2) is 4.98 Å². The van der Waals surface area contributed by atoms with Crippen molar-refractivity contribution in [1.82, 2.24) is 14.9 Å². The van der Waals surface area contributed by atoms with E-state index in [-0.39, 0.29) is 5.91 Å². The maximum atomic E-state index is 12.5. The lowest BCUT2D eigenvalue weighted by Crippen LogP contribution is -2.37. The zero-order chi connectivity index (χ0) is 23.6. The van der Waals surface area contributed by atoms with E-state index in [0.717, 1.165) is 42.0 Å². The van der Waals surface area contributed by atoms with Crippen molar-refractivity contribution in [2.75, 3.05) is 43.1 Å². The molecule has 3 rings (SSSR count). The Labute approximate surface area is 196 Å². The molecule has 1 atom stereocenters. The van der Waals surface area contributed by atoms with E-state index < -0.39 is 6.04 Å². The Hall–Kier alpha value is -3.43. The molecule has 9 heteroatoms. The molecule has 0 bridgehead atoms. The van der Waals surface area contributed by atoms with Crippen molar-refractivity contribution in [1.29, 1.82) is 0 Å². The number of amides is 1. The number of rotatable bonds is 11. The molecule has 0 aliphatic carbocycles. The number of benzene rings is 2. The molecule has 0 radical (unpaired) electrons. The Kier molecular flexibility index (Phi) is 8.80. The summed E-state index contributed by atoms with van der Waals surface area (Å²) < 4.78 is 0. The van der Waals surface area contributed by atoms with Crippen molar-refractivity contribution < 1.29 is 4.79 Å². The van der Waals surface area contributed by atoms with Gasteiger partial charge in [0.05, 0.1) is 6.04 Å². The van der Waals surface area contributed by atoms with Gasteiger partial charge in [0.2, 0.25) is 11.9 Å². The number of nitrogens with zero attached hydrogens (tertiary/aromatic N) is 3. The van der Waals surface area contributed by atoms with Gasteiger partial charge in [-0.3, -0.25) is 4.79 Å². The average molecular weight is 445 g/mol. The molecule has 172 valence electrons. The van der Waals surface area contributed by atoms with Crippen LogP contribution in [0.1, 0.15) is 12.0 Å². The normalized spacial score (nSPS) is 11.8. The lowest BCUT2D eigenvalue weighted by atomic mass is 9.99. The first-order valence-electron chi connectivity index (χ1n) is 11.1. The number of carbonyl (C=O) groups is 1. The largest absolute Gasteiger partial charge is 0.370 e. The highest BCUT2D eigenvalue weighted by Gasteiger charge is 2.14. The second-order valence-electron chi connectivity index (χ2n) is 8.30. The van der Waals surface area contributed by atoms with E-state index in [0.29, 0.717) is 18.1 Å². The maximum Gasteiger partial charge on any atom is 0.241 e. The third-order valence-corrected chi connectivity index (χ3v) is 5.07. The molecule has 0 fully saturated rings. The van der Waals surface area contributed by atoms with Crippen LogP contribution in [-0.2, 0) is 11.2 Å². The van der Waals surface area contributed by atoms with Crippen LogP contribution in [-0.4, -0.2) is 61.8 Å². The van der Waals surface area contributed by atoms with E-state index in [1.807, 2.05) is 62.4 Å². The Balaban J connectivity index is 1.59. The minimum atomic E-state index is -0.634. The second-order valence-corrected chi connectivity index (χ2v) is 8.30. The van der Waals surface area contributed by atoms with Gasteiger partial charge in [0, 0.05) is 24.1 Å². The molecule has 0 saturated heterocycles. The van der Waals surface area contributed by atoms with Gasteiger partial charge in [0.15, 0.2) is 0 Å². The zero-order valence-corrected chi connectivity index (χ0v) is 19.5. The van der Waals surface area contributed by atoms with E-state index in [2.05, 4.69) is 44.9 Å². The first-order chi connectivity index (χ1) is 15.9. The van der Waals surface area contributed by atoms with Gasteiger partial charge in [0.1, 0.15) is 13.7 Å². The standard InChI is InChI=1S/C24H32BN7O/c1-32(2)13-7-12-27-22-20(25)16-28-24(31-22)30-19-11-6-10-18(15-19)29-23(33)21(26)14-17-8-4-3-5-9-17/h3-6,8-11,15-16,21H,7,12-14,25-26H2,1-2H3,(H,29,33)(H2,27,28,30,31). The van der Waals surface area contributed by atoms with E-state index in [1.165, 1.54) is 0 Å². The quantitative estimate of drug-likeness (QED) is 0.261. The minimum Gasteiger partial charge on any atom is -0.370 e. The summed E-state index contributed by atoms with van der Waals surface area (Å²) in [6.07, 6.45) is 3.29. The van der Waals surface area contributed by atoms with Crippen LogP contribution in [0, 0.1) is 0 Å². The molecule has 2 aromatic carbocycles. The fourth-order valence-electron chi connectivity index (χ4n) is 3.28. The fourth-order valence-corrected chi connectivity index (χ4v) is 3.28. The molecule has 0 saturated carbocycles. The Morgan fingerprint density at radius 1 is 1.12 bits per heavy atom. The zero-order valence-electron chi connectivity index (χ0n) is 19.5. The molecule has 1 amide bonds. The maximum absolute atomic E-state index is 12.5. The van der Waals surface area contributed by atoms with Crippen LogP contribution in [0.15, 0.2) is 60.8 Å². The SMILES string of the molecule is Bc1cnc(Nc2cccc(NC(=O)C(N)Cc3ccccc3)c2)nc1NCCCN(C)C. The van der Waals surface area contributed by atoms with Crippen LogP contribution in [0.3, 0.4) is 0 Å². The van der Waals surface area contributed by atoms with Gasteiger partial charge < -0.3 is 26.6 Å². The third-order valence-electron chi connectivity index (χ3n) is 5.07. The molecule has 0 aliphatic heterocycles. The van der Waals surface area contributed by atoms with Crippen LogP contribution in [0.2, 0.25) is 0 Å². The number of hydrogen-bond acceptors (Lipinski definition) is 7. The van der Waals surface area contributed by atoms with E-state index in [4.69, 9.17) is 5.73 Å². The molecule has 5 N–H and O–H groups in total. The molecule has 1 aromatic heterocycles. The predicted molar refractivity (Wildman–Crippen MR) is 138 cm³/mol. The Morgan fingerprint density at radius 3 is 2.64 bits per heavy atom. The highest BCUT2D eigenvalue weighted by molar-refractivity contribution is 6.35. The number of hydrogen-bond donors (Lipinski definition) is 4. The molecule has 8 nitrogen and oxygen atoms in total. The summed E-state index contributed by atoms with van der Waals surface area (Å²) >= 11 is 0. The summed E-state index contributed by atoms with van der Waals surface area (Å²) in [5, 5.41) is 9.48. The van der Waals surface area contributed by atoms with Gasteiger partial charge >= 0.3 is 0 Å². The molecule has 1 heterocycles. The van der Waals surface area contributed by atoms with Crippen molar-refractivity contribution in [3.05, 3.63) is 66.4 Å². The minimum absolute atomic E-state index is 0.230. The highest BCUT2D eigenvalue weighted by Crippen LogP contribution is 2.19. The molecule has 3 aromatic rings. The number of aromatic nitrogens is 2. The van der Waals surface area contributed by atoms with Crippen molar-refractivity contribution in [3.8, 4) is 0 Å². The van der Waals surface area contributed by atoms with E-state index >= 15 is 0 Å². The lowest BCUT2D eigenvalue weighted by Gasteiger charge is -2.14. The van der Waals surface area contributed by atoms with E-state index in [1.54, 1.807) is 6.20 Å². The average Bonchev–Trinajstić information content (AvgIpc) is 2.79. The van der Waals surface area contributed by atoms with Crippen LogP contribution in [0.25, 0.3) is 0 Å². The van der Waals surface area contributed by atoms with Crippen LogP contribution >= 0.6 is 0 Å². The predicted octanol–water partition coefficient (Wildman–Crippen LogP) is 1.35. The van der Waals surface area contributed by atoms with Crippen molar-refractivity contribution in [3.63, 3.8) is 0 Å². The highest BCUT2D eigenvalue weighted by atomic mass is 16.2. The first kappa shape index (κ1) is 24.2. The summed E-state index contributed by atoms with van der Waals surface area (Å²) in [6, 6.07) is 16.5. The molecule has 33 heavy (non-hydrogen) atoms. The van der Waals surface area contributed by atoms with Crippen LogP contribution < -0.4 is 27.1 Å². The summed E-state index contributed by atoms with van der Waals surface area (Å²) in [5.74, 6) is 1.06. The van der Waals surface area contributed by atoms with Crippen molar-refractivity contribution in [2.45, 2.75) is 18.9 Å². The molecule has 0 spiro atoms. The monoisotopic (exact) mass is 445 g/mol. The lowest BCUT2D eigenvalue weighted by molar-refractivity contribution is -0.117. The van der Waals surface area contributed by atoms with Crippen LogP contribution in [0.5, 0.6) is 0 Å². The number of nitrogens with one attached hydrogen (secondary N) is 3. The molecular formula is C24H32BN7O. The van der Waals surface area contributed by atoms with Gasteiger partial charge in [0.25, 0.3) is 0 Å². The van der Waals surface area contributed by atoms with E-state index in [9.17, 15) is 4.79 Å². The van der Waals surface area contributed by atoms with Gasteiger partial charge in [-0.2, -0.15) is 4.98 Å². The van der Waals surface area contributed by atoms with Gasteiger partial charge in [-0.15, -0.1) is 0 Å². The fraction of sp³-hybridized carbons (Fsp3) is 0.292. The Morgan fingerprint density at radius 2 is 1.88 bits per heavy atom. The van der Waals surface area contributed by atoms with Crippen molar-refractivity contribution in [2.24, 2.45) is 5.73 Å². The second kappa shape index (κ2) is 12.0. The summed E-state index contributed by atoms with van der Waals surface area (Å²) in [5.41, 5.74) is 9.54. The Bertz CT molecular complexity index is 1050. The number of carbonyl (C=O) groups excluding carboxylic acids is 1. The summed E-state index contributed by atoms with van der Waals surface area (Å²) in [6.45, 7) is 1.84. The summed E-state index contributed by atoms with van der Waals surface area (Å²) in [4.78, 5) is 23.7. The molecular weight excluding hydrogens is 413 g/mol. The molecule has 0 aliphatic rings. The smallest absolute Gasteiger partial charge is 0.241 e. The topological polar surface area (TPSA) is 108 Å². The summed E-state index contributed by atoms with van der Waals surface area (Å²) in [7, 11) is 6.10.